The first kappa shape index (κ1) is 12.2. The second kappa shape index (κ2) is 5.35. The van der Waals surface area contributed by atoms with Gasteiger partial charge in [-0.05, 0) is 50.4 Å². The van der Waals surface area contributed by atoms with Gasteiger partial charge in [0.2, 0.25) is 0 Å². The molecule has 1 nitrogen and oxygen atoms in total. The Morgan fingerprint density at radius 1 is 1.19 bits per heavy atom. The van der Waals surface area contributed by atoms with E-state index in [0.29, 0.717) is 17.8 Å². The van der Waals surface area contributed by atoms with Crippen LogP contribution in [0, 0.1) is 17.8 Å². The summed E-state index contributed by atoms with van der Waals surface area (Å²) >= 11 is 0. The van der Waals surface area contributed by atoms with E-state index in [0.717, 1.165) is 6.42 Å². The van der Waals surface area contributed by atoms with Crippen molar-refractivity contribution < 1.29 is 5.11 Å². The van der Waals surface area contributed by atoms with Crippen LogP contribution in [0.5, 0.6) is 0 Å². The van der Waals surface area contributed by atoms with Crippen molar-refractivity contribution in [1.82, 2.24) is 0 Å². The zero-order chi connectivity index (χ0) is 11.5. The molecule has 3 atom stereocenters. The molecule has 2 rings (SSSR count). The molecular formula is C15H26O. The van der Waals surface area contributed by atoms with Crippen LogP contribution in [-0.2, 0) is 0 Å². The Morgan fingerprint density at radius 2 is 1.88 bits per heavy atom. The van der Waals surface area contributed by atoms with Crippen molar-refractivity contribution in [1.29, 1.82) is 0 Å². The Hall–Kier alpha value is -0.300. The van der Waals surface area contributed by atoms with Crippen LogP contribution in [0.4, 0.5) is 0 Å². The lowest BCUT2D eigenvalue weighted by Crippen LogP contribution is -2.33. The zero-order valence-electron chi connectivity index (χ0n) is 10.8. The minimum Gasteiger partial charge on any atom is -0.393 e. The van der Waals surface area contributed by atoms with Gasteiger partial charge in [0.15, 0.2) is 0 Å². The van der Waals surface area contributed by atoms with E-state index in [1.54, 1.807) is 0 Å². The third kappa shape index (κ3) is 2.88. The molecule has 0 spiro atoms. The highest BCUT2D eigenvalue weighted by atomic mass is 16.3. The lowest BCUT2D eigenvalue weighted by atomic mass is 9.73. The van der Waals surface area contributed by atoms with Gasteiger partial charge in [-0.25, -0.2) is 0 Å². The molecule has 0 radical (unpaired) electrons. The summed E-state index contributed by atoms with van der Waals surface area (Å²) in [6.07, 6.45) is 11.2. The molecule has 1 fully saturated rings. The monoisotopic (exact) mass is 222 g/mol. The Kier molecular flexibility index (Phi) is 4.07. The van der Waals surface area contributed by atoms with Crippen molar-refractivity contribution in [2.45, 2.75) is 64.9 Å². The molecule has 92 valence electrons. The number of allylic oxidation sites excluding steroid dienone is 2. The summed E-state index contributed by atoms with van der Waals surface area (Å²) in [6, 6.07) is 0. The molecule has 2 aliphatic carbocycles. The molecule has 0 aromatic carbocycles. The largest absolute Gasteiger partial charge is 0.393 e. The number of rotatable bonds is 2. The number of aliphatic hydroxyl groups is 1. The topological polar surface area (TPSA) is 20.2 Å². The molecule has 1 N–H and O–H groups in total. The number of hydrogen-bond donors (Lipinski definition) is 1. The fourth-order valence-electron chi connectivity index (χ4n) is 3.72. The molecule has 0 aromatic rings. The standard InChI is InChI=1S/C15H26O/c1-11-8-12(2)10-14(9-11)15(16)13-6-4-3-5-7-13/h8,11,13-16H,3-7,9-10H2,1-2H3. The summed E-state index contributed by atoms with van der Waals surface area (Å²) in [6.45, 7) is 4.50. The quantitative estimate of drug-likeness (QED) is 0.702. The molecule has 0 saturated heterocycles. The first-order valence-corrected chi connectivity index (χ1v) is 7.02. The van der Waals surface area contributed by atoms with Gasteiger partial charge in [0, 0.05) is 0 Å². The molecule has 2 aliphatic rings. The maximum absolute atomic E-state index is 10.5. The predicted octanol–water partition coefficient (Wildman–Crippen LogP) is 3.92. The molecule has 0 aliphatic heterocycles. The van der Waals surface area contributed by atoms with Gasteiger partial charge in [-0.3, -0.25) is 0 Å². The molecule has 16 heavy (non-hydrogen) atoms. The van der Waals surface area contributed by atoms with Crippen molar-refractivity contribution in [2.24, 2.45) is 17.8 Å². The summed E-state index contributed by atoms with van der Waals surface area (Å²) in [5.74, 6) is 1.79. The lowest BCUT2D eigenvalue weighted by Gasteiger charge is -2.35. The molecule has 0 aromatic heterocycles. The first-order chi connectivity index (χ1) is 7.66. The average Bonchev–Trinajstić information content (AvgIpc) is 2.28. The van der Waals surface area contributed by atoms with E-state index in [9.17, 15) is 5.11 Å². The predicted molar refractivity (Wildman–Crippen MR) is 68.2 cm³/mol. The van der Waals surface area contributed by atoms with E-state index >= 15 is 0 Å². The third-order valence-electron chi connectivity index (χ3n) is 4.44. The molecule has 3 unspecified atom stereocenters. The van der Waals surface area contributed by atoms with E-state index in [4.69, 9.17) is 0 Å². The second-order valence-electron chi connectivity index (χ2n) is 6.08. The molecular weight excluding hydrogens is 196 g/mol. The molecule has 0 bridgehead atoms. The first-order valence-electron chi connectivity index (χ1n) is 7.02. The van der Waals surface area contributed by atoms with E-state index in [1.165, 1.54) is 44.1 Å². The van der Waals surface area contributed by atoms with E-state index in [2.05, 4.69) is 19.9 Å². The van der Waals surface area contributed by atoms with Crippen LogP contribution in [0.3, 0.4) is 0 Å². The van der Waals surface area contributed by atoms with Crippen LogP contribution in [-0.4, -0.2) is 11.2 Å². The van der Waals surface area contributed by atoms with Crippen molar-refractivity contribution in [3.8, 4) is 0 Å². The van der Waals surface area contributed by atoms with Crippen LogP contribution >= 0.6 is 0 Å². The van der Waals surface area contributed by atoms with Crippen molar-refractivity contribution >= 4 is 0 Å². The molecule has 0 amide bonds. The summed E-state index contributed by atoms with van der Waals surface area (Å²) in [5, 5.41) is 10.5. The summed E-state index contributed by atoms with van der Waals surface area (Å²) in [7, 11) is 0. The summed E-state index contributed by atoms with van der Waals surface area (Å²) in [4.78, 5) is 0. The Balaban J connectivity index is 1.93. The van der Waals surface area contributed by atoms with Crippen molar-refractivity contribution in [2.75, 3.05) is 0 Å². The van der Waals surface area contributed by atoms with Gasteiger partial charge in [-0.15, -0.1) is 0 Å². The van der Waals surface area contributed by atoms with Crippen LogP contribution in [0.15, 0.2) is 11.6 Å². The minimum absolute atomic E-state index is 0.0357. The van der Waals surface area contributed by atoms with Crippen molar-refractivity contribution in [3.05, 3.63) is 11.6 Å². The van der Waals surface area contributed by atoms with Gasteiger partial charge in [0.1, 0.15) is 0 Å². The smallest absolute Gasteiger partial charge is 0.0599 e. The van der Waals surface area contributed by atoms with E-state index in [1.807, 2.05) is 0 Å². The summed E-state index contributed by atoms with van der Waals surface area (Å²) in [5.41, 5.74) is 1.48. The van der Waals surface area contributed by atoms with E-state index < -0.39 is 0 Å². The Labute approximate surface area is 99.9 Å². The lowest BCUT2D eigenvalue weighted by molar-refractivity contribution is 0.0239. The molecule has 0 heterocycles. The normalized spacial score (nSPS) is 34.6. The zero-order valence-corrected chi connectivity index (χ0v) is 10.8. The fourth-order valence-corrected chi connectivity index (χ4v) is 3.72. The molecule has 1 saturated carbocycles. The van der Waals surface area contributed by atoms with Crippen LogP contribution in [0.25, 0.3) is 0 Å². The second-order valence-corrected chi connectivity index (χ2v) is 6.08. The minimum atomic E-state index is -0.0357. The fraction of sp³-hybridized carbons (Fsp3) is 0.867. The van der Waals surface area contributed by atoms with Crippen LogP contribution < -0.4 is 0 Å². The molecule has 1 heteroatoms. The average molecular weight is 222 g/mol. The van der Waals surface area contributed by atoms with Gasteiger partial charge in [-0.2, -0.15) is 0 Å². The van der Waals surface area contributed by atoms with Crippen molar-refractivity contribution in [3.63, 3.8) is 0 Å². The highest BCUT2D eigenvalue weighted by molar-refractivity contribution is 5.07. The maximum Gasteiger partial charge on any atom is 0.0599 e. The van der Waals surface area contributed by atoms with Gasteiger partial charge >= 0.3 is 0 Å². The SMILES string of the molecule is CC1=CC(C)CC(C(O)C2CCCCC2)C1. The highest BCUT2D eigenvalue weighted by Gasteiger charge is 2.31. The maximum atomic E-state index is 10.5. The third-order valence-corrected chi connectivity index (χ3v) is 4.44. The summed E-state index contributed by atoms with van der Waals surface area (Å²) < 4.78 is 0. The Bertz CT molecular complexity index is 250. The van der Waals surface area contributed by atoms with E-state index in [-0.39, 0.29) is 6.10 Å². The highest BCUT2D eigenvalue weighted by Crippen LogP contribution is 2.37. The number of hydrogen-bond acceptors (Lipinski definition) is 1. The Morgan fingerprint density at radius 3 is 2.50 bits per heavy atom. The number of aliphatic hydroxyl groups excluding tert-OH is 1. The van der Waals surface area contributed by atoms with Gasteiger partial charge in [0.05, 0.1) is 6.10 Å². The van der Waals surface area contributed by atoms with Gasteiger partial charge in [-0.1, -0.05) is 37.8 Å². The van der Waals surface area contributed by atoms with Gasteiger partial charge in [0.25, 0.3) is 0 Å². The van der Waals surface area contributed by atoms with Crippen LogP contribution in [0.2, 0.25) is 0 Å². The van der Waals surface area contributed by atoms with Crippen LogP contribution in [0.1, 0.15) is 58.8 Å². The van der Waals surface area contributed by atoms with Gasteiger partial charge < -0.3 is 5.11 Å².